The van der Waals surface area contributed by atoms with Crippen LogP contribution in [0.25, 0.3) is 0 Å². The third-order valence-electron chi connectivity index (χ3n) is 1.63. The molecule has 0 aliphatic carbocycles. The summed E-state index contributed by atoms with van der Waals surface area (Å²) < 4.78 is 11.6. The van der Waals surface area contributed by atoms with Crippen molar-refractivity contribution in [1.29, 1.82) is 0 Å². The summed E-state index contributed by atoms with van der Waals surface area (Å²) in [4.78, 5) is 11.3. The maximum atomic E-state index is 11.6. The average molecular weight is 220 g/mol. The van der Waals surface area contributed by atoms with Crippen molar-refractivity contribution in [1.82, 2.24) is 5.32 Å². The topological polar surface area (TPSA) is 72.2 Å². The number of hydrogen-bond donors (Lipinski definition) is 2. The maximum Gasteiger partial charge on any atom is 0.235 e. The second kappa shape index (κ2) is 5.46. The zero-order valence-electron chi connectivity index (χ0n) is 9.29. The molecule has 0 rings (SSSR count). The first-order chi connectivity index (χ1) is 6.28. The molecule has 5 heteroatoms. The van der Waals surface area contributed by atoms with Crippen LogP contribution in [0.1, 0.15) is 27.7 Å². The molecule has 84 valence electrons. The number of nitrogens with two attached hydrogens (primary N) is 1. The van der Waals surface area contributed by atoms with Gasteiger partial charge in [-0.05, 0) is 27.7 Å². The number of hydrogen-bond acceptors (Lipinski definition) is 3. The van der Waals surface area contributed by atoms with Gasteiger partial charge < -0.3 is 11.1 Å². The molecule has 14 heavy (non-hydrogen) atoms. The fourth-order valence-electron chi connectivity index (χ4n) is 0.929. The summed E-state index contributed by atoms with van der Waals surface area (Å²) in [5.41, 5.74) is 5.23. The Hall–Kier alpha value is -0.420. The highest BCUT2D eigenvalue weighted by Gasteiger charge is 2.24. The lowest BCUT2D eigenvalue weighted by Crippen LogP contribution is -2.43. The minimum atomic E-state index is -1.20. The number of nitrogens with one attached hydrogen (secondary N) is 1. The third-order valence-corrected chi connectivity index (χ3v) is 3.66. The number of amides is 1. The van der Waals surface area contributed by atoms with Gasteiger partial charge in [0.15, 0.2) is 0 Å². The molecule has 0 aromatic heterocycles. The number of rotatable bonds is 5. The molecule has 0 spiro atoms. The number of carbonyl (C=O) groups excluding carboxylic acids is 1. The molecule has 0 fully saturated rings. The van der Waals surface area contributed by atoms with Gasteiger partial charge in [-0.1, -0.05) is 0 Å². The molecule has 0 bridgehead atoms. The van der Waals surface area contributed by atoms with Crippen LogP contribution in [0, 0.1) is 0 Å². The Morgan fingerprint density at radius 1 is 1.57 bits per heavy atom. The van der Waals surface area contributed by atoms with Gasteiger partial charge >= 0.3 is 0 Å². The lowest BCUT2D eigenvalue weighted by molar-refractivity contribution is -0.120. The highest BCUT2D eigenvalue weighted by Crippen LogP contribution is 2.05. The van der Waals surface area contributed by atoms with Crippen LogP contribution in [0.3, 0.4) is 0 Å². The zero-order chi connectivity index (χ0) is 11.4. The second-order valence-corrected chi connectivity index (χ2v) is 5.81. The fourth-order valence-corrected chi connectivity index (χ4v) is 2.23. The summed E-state index contributed by atoms with van der Waals surface area (Å²) in [6.45, 7) is 7.66. The van der Waals surface area contributed by atoms with Gasteiger partial charge in [0.1, 0.15) is 5.25 Å². The van der Waals surface area contributed by atoms with Gasteiger partial charge in [-0.2, -0.15) is 0 Å². The molecule has 4 nitrogen and oxygen atoms in total. The molecular formula is C9H20N2O2S. The van der Waals surface area contributed by atoms with Crippen molar-refractivity contribution in [2.45, 2.75) is 38.5 Å². The highest BCUT2D eigenvalue weighted by atomic mass is 32.2. The molecule has 0 saturated carbocycles. The Morgan fingerprint density at radius 2 is 2.07 bits per heavy atom. The van der Waals surface area contributed by atoms with E-state index in [0.717, 1.165) is 0 Å². The number of carbonyl (C=O) groups is 1. The Morgan fingerprint density at radius 3 is 2.43 bits per heavy atom. The molecule has 1 amide bonds. The van der Waals surface area contributed by atoms with Gasteiger partial charge in [0, 0.05) is 28.6 Å². The summed E-state index contributed by atoms with van der Waals surface area (Å²) in [5.74, 6) is 0.167. The summed E-state index contributed by atoms with van der Waals surface area (Å²) in [6, 6.07) is 0. The van der Waals surface area contributed by atoms with Crippen LogP contribution in [0.4, 0.5) is 0 Å². The lowest BCUT2D eigenvalue weighted by atomic mass is 10.1. The van der Waals surface area contributed by atoms with Crippen LogP contribution >= 0.6 is 0 Å². The van der Waals surface area contributed by atoms with Crippen molar-refractivity contribution in [3.8, 4) is 0 Å². The molecule has 2 unspecified atom stereocenters. The molecule has 0 aromatic rings. The molecule has 0 heterocycles. The van der Waals surface area contributed by atoms with Crippen LogP contribution in [0.5, 0.6) is 0 Å². The van der Waals surface area contributed by atoms with Crippen LogP contribution < -0.4 is 11.1 Å². The largest absolute Gasteiger partial charge is 0.355 e. The van der Waals surface area contributed by atoms with Crippen molar-refractivity contribution < 1.29 is 9.00 Å². The van der Waals surface area contributed by atoms with Crippen molar-refractivity contribution in [3.05, 3.63) is 0 Å². The van der Waals surface area contributed by atoms with Gasteiger partial charge in [0.25, 0.3) is 0 Å². The van der Waals surface area contributed by atoms with Gasteiger partial charge in [0.05, 0.1) is 0 Å². The SMILES string of the molecule is CCNC(=O)C(C)S(=O)CC(C)(C)N. The van der Waals surface area contributed by atoms with Crippen LogP contribution in [0.2, 0.25) is 0 Å². The van der Waals surface area contributed by atoms with Crippen molar-refractivity contribution >= 4 is 16.7 Å². The van der Waals surface area contributed by atoms with E-state index in [-0.39, 0.29) is 5.91 Å². The van der Waals surface area contributed by atoms with E-state index in [9.17, 15) is 9.00 Å². The van der Waals surface area contributed by atoms with E-state index in [2.05, 4.69) is 5.32 Å². The Labute approximate surface area is 88.1 Å². The van der Waals surface area contributed by atoms with Gasteiger partial charge in [-0.25, -0.2) is 0 Å². The predicted octanol–water partition coefficient (Wildman–Crippen LogP) is -0.00300. The minimum Gasteiger partial charge on any atom is -0.355 e. The van der Waals surface area contributed by atoms with Gasteiger partial charge in [0.2, 0.25) is 5.91 Å². The van der Waals surface area contributed by atoms with E-state index < -0.39 is 21.6 Å². The summed E-state index contributed by atoms with van der Waals surface area (Å²) in [7, 11) is -1.20. The molecule has 2 atom stereocenters. The Kier molecular flexibility index (Phi) is 5.29. The van der Waals surface area contributed by atoms with E-state index in [1.54, 1.807) is 20.8 Å². The molecule has 0 aromatic carbocycles. The van der Waals surface area contributed by atoms with Crippen LogP contribution in [-0.4, -0.2) is 33.2 Å². The maximum absolute atomic E-state index is 11.6. The smallest absolute Gasteiger partial charge is 0.235 e. The van der Waals surface area contributed by atoms with E-state index in [1.807, 2.05) is 6.92 Å². The first-order valence-electron chi connectivity index (χ1n) is 4.71. The quantitative estimate of drug-likeness (QED) is 0.685. The lowest BCUT2D eigenvalue weighted by Gasteiger charge is -2.20. The molecular weight excluding hydrogens is 200 g/mol. The first kappa shape index (κ1) is 13.6. The monoisotopic (exact) mass is 220 g/mol. The van der Waals surface area contributed by atoms with E-state index >= 15 is 0 Å². The highest BCUT2D eigenvalue weighted by molar-refractivity contribution is 7.86. The summed E-state index contributed by atoms with van der Waals surface area (Å²) in [5, 5.41) is 2.15. The predicted molar refractivity (Wildman–Crippen MR) is 59.4 cm³/mol. The van der Waals surface area contributed by atoms with Crippen LogP contribution in [-0.2, 0) is 15.6 Å². The third kappa shape index (κ3) is 5.34. The van der Waals surface area contributed by atoms with Gasteiger partial charge in [-0.15, -0.1) is 0 Å². The Balaban J connectivity index is 4.19. The van der Waals surface area contributed by atoms with Crippen molar-refractivity contribution in [2.75, 3.05) is 12.3 Å². The minimum absolute atomic E-state index is 0.171. The standard InChI is InChI=1S/C9H20N2O2S/c1-5-11-8(12)7(2)14(13)6-9(3,4)10/h7H,5-6,10H2,1-4H3,(H,11,12). The van der Waals surface area contributed by atoms with Gasteiger partial charge in [-0.3, -0.25) is 9.00 Å². The van der Waals surface area contributed by atoms with E-state index in [0.29, 0.717) is 12.3 Å². The zero-order valence-corrected chi connectivity index (χ0v) is 10.1. The van der Waals surface area contributed by atoms with Crippen molar-refractivity contribution in [2.24, 2.45) is 5.73 Å². The van der Waals surface area contributed by atoms with Crippen molar-refractivity contribution in [3.63, 3.8) is 0 Å². The summed E-state index contributed by atoms with van der Waals surface area (Å²) >= 11 is 0. The molecule has 0 radical (unpaired) electrons. The van der Waals surface area contributed by atoms with E-state index in [1.165, 1.54) is 0 Å². The first-order valence-corrected chi connectivity index (χ1v) is 6.10. The van der Waals surface area contributed by atoms with E-state index in [4.69, 9.17) is 5.73 Å². The fraction of sp³-hybridized carbons (Fsp3) is 0.889. The Bertz CT molecular complexity index is 223. The molecule has 0 aliphatic heterocycles. The second-order valence-electron chi connectivity index (χ2n) is 4.05. The average Bonchev–Trinajstić information content (AvgIpc) is 2.00. The summed E-state index contributed by atoms with van der Waals surface area (Å²) in [6.07, 6.45) is 0. The van der Waals surface area contributed by atoms with Crippen LogP contribution in [0.15, 0.2) is 0 Å². The normalized spacial score (nSPS) is 16.1. The molecule has 0 saturated heterocycles. The molecule has 0 aliphatic rings. The molecule has 3 N–H and O–H groups in total.